The molecule has 0 amide bonds. The quantitative estimate of drug-likeness (QED) is 0.490. The van der Waals surface area contributed by atoms with Crippen LogP contribution in [0.4, 0.5) is 0 Å². The number of nitrogens with two attached hydrogens (primary N) is 2. The molecule has 4 N–H and O–H groups in total. The number of guanidine groups is 1. The lowest BCUT2D eigenvalue weighted by atomic mass is 10.2. The van der Waals surface area contributed by atoms with Gasteiger partial charge in [0.05, 0.1) is 11.2 Å². The highest BCUT2D eigenvalue weighted by Gasteiger charge is 2.00. The largest absolute Gasteiger partial charge is 0.369 e. The molecule has 1 aromatic rings. The summed E-state index contributed by atoms with van der Waals surface area (Å²) in [6.07, 6.45) is 1.51. The Hall–Kier alpha value is -1.07. The van der Waals surface area contributed by atoms with Crippen molar-refractivity contribution in [3.05, 3.63) is 33.3 Å². The van der Waals surface area contributed by atoms with Gasteiger partial charge in [-0.05, 0) is 22.0 Å². The van der Waals surface area contributed by atoms with Crippen LogP contribution < -0.4 is 11.5 Å². The summed E-state index contributed by atoms with van der Waals surface area (Å²) < 4.78 is 0.760. The van der Waals surface area contributed by atoms with Gasteiger partial charge in [0.15, 0.2) is 0 Å². The molecular formula is C8H8BrClN4. The minimum atomic E-state index is -0.0839. The Morgan fingerprint density at radius 1 is 1.43 bits per heavy atom. The van der Waals surface area contributed by atoms with Crippen LogP contribution in [0.15, 0.2) is 32.9 Å². The Labute approximate surface area is 94.8 Å². The minimum absolute atomic E-state index is 0.0839. The maximum absolute atomic E-state index is 5.86. The lowest BCUT2D eigenvalue weighted by Gasteiger charge is -1.98. The zero-order chi connectivity index (χ0) is 10.6. The minimum Gasteiger partial charge on any atom is -0.369 e. The monoisotopic (exact) mass is 274 g/mol. The van der Waals surface area contributed by atoms with Crippen molar-refractivity contribution >= 4 is 39.7 Å². The van der Waals surface area contributed by atoms with Crippen LogP contribution in [-0.4, -0.2) is 12.2 Å². The van der Waals surface area contributed by atoms with Crippen LogP contribution in [0.2, 0.25) is 5.02 Å². The van der Waals surface area contributed by atoms with Gasteiger partial charge in [0.2, 0.25) is 5.96 Å². The molecule has 0 atom stereocenters. The van der Waals surface area contributed by atoms with Crippen LogP contribution in [0, 0.1) is 0 Å². The molecule has 0 unspecified atom stereocenters. The maximum Gasteiger partial charge on any atom is 0.211 e. The first-order valence-corrected chi connectivity index (χ1v) is 4.84. The Kier molecular flexibility index (Phi) is 3.91. The van der Waals surface area contributed by atoms with Gasteiger partial charge >= 0.3 is 0 Å². The van der Waals surface area contributed by atoms with E-state index in [1.807, 2.05) is 12.1 Å². The summed E-state index contributed by atoms with van der Waals surface area (Å²) in [6.45, 7) is 0. The smallest absolute Gasteiger partial charge is 0.211 e. The predicted octanol–water partition coefficient (Wildman–Crippen LogP) is 1.71. The number of rotatable bonds is 2. The van der Waals surface area contributed by atoms with E-state index in [0.29, 0.717) is 5.02 Å². The third kappa shape index (κ3) is 3.01. The zero-order valence-electron chi connectivity index (χ0n) is 7.11. The van der Waals surface area contributed by atoms with E-state index in [4.69, 9.17) is 23.1 Å². The van der Waals surface area contributed by atoms with Crippen molar-refractivity contribution in [2.24, 2.45) is 21.7 Å². The van der Waals surface area contributed by atoms with Crippen molar-refractivity contribution in [3.8, 4) is 0 Å². The Balaban J connectivity index is 2.92. The average Bonchev–Trinajstić information content (AvgIpc) is 2.12. The molecule has 0 fully saturated rings. The average molecular weight is 276 g/mol. The van der Waals surface area contributed by atoms with Crippen molar-refractivity contribution in [2.75, 3.05) is 0 Å². The highest BCUT2D eigenvalue weighted by molar-refractivity contribution is 9.10. The second-order valence-corrected chi connectivity index (χ2v) is 3.61. The van der Waals surface area contributed by atoms with E-state index in [2.05, 4.69) is 26.1 Å². The Morgan fingerprint density at radius 3 is 2.79 bits per heavy atom. The van der Waals surface area contributed by atoms with Crippen LogP contribution in [-0.2, 0) is 0 Å². The molecule has 0 radical (unpaired) electrons. The van der Waals surface area contributed by atoms with Gasteiger partial charge in [0.25, 0.3) is 0 Å². The normalized spacial score (nSPS) is 10.4. The van der Waals surface area contributed by atoms with Crippen LogP contribution in [0.25, 0.3) is 0 Å². The highest BCUT2D eigenvalue weighted by Crippen LogP contribution is 2.24. The molecule has 4 nitrogen and oxygen atoms in total. The van der Waals surface area contributed by atoms with Gasteiger partial charge in [-0.25, -0.2) is 0 Å². The fourth-order valence-corrected chi connectivity index (χ4v) is 1.33. The van der Waals surface area contributed by atoms with E-state index in [1.165, 1.54) is 6.21 Å². The van der Waals surface area contributed by atoms with E-state index < -0.39 is 0 Å². The molecule has 1 rings (SSSR count). The fraction of sp³-hybridized carbons (Fsp3) is 0. The van der Waals surface area contributed by atoms with Gasteiger partial charge < -0.3 is 11.5 Å². The van der Waals surface area contributed by atoms with Crippen molar-refractivity contribution in [1.29, 1.82) is 0 Å². The molecule has 0 aromatic heterocycles. The Bertz CT molecular complexity index is 385. The molecule has 0 heterocycles. The van der Waals surface area contributed by atoms with Gasteiger partial charge in [-0.2, -0.15) is 5.10 Å². The molecule has 0 bridgehead atoms. The molecule has 0 spiro atoms. The first-order chi connectivity index (χ1) is 6.61. The zero-order valence-corrected chi connectivity index (χ0v) is 9.46. The third-order valence-corrected chi connectivity index (χ3v) is 2.78. The van der Waals surface area contributed by atoms with Gasteiger partial charge in [-0.15, -0.1) is 5.10 Å². The first kappa shape index (κ1) is 11.0. The molecule has 0 aliphatic heterocycles. The van der Waals surface area contributed by atoms with E-state index in [-0.39, 0.29) is 5.96 Å². The molecule has 74 valence electrons. The summed E-state index contributed by atoms with van der Waals surface area (Å²) in [5.74, 6) is -0.0839. The number of benzene rings is 1. The summed E-state index contributed by atoms with van der Waals surface area (Å²) in [7, 11) is 0. The van der Waals surface area contributed by atoms with E-state index in [9.17, 15) is 0 Å². The second-order valence-electron chi connectivity index (χ2n) is 2.41. The summed E-state index contributed by atoms with van der Waals surface area (Å²) in [4.78, 5) is 0. The lowest BCUT2D eigenvalue weighted by molar-refractivity contribution is 1.21. The Morgan fingerprint density at radius 2 is 2.14 bits per heavy atom. The van der Waals surface area contributed by atoms with Crippen molar-refractivity contribution in [1.82, 2.24) is 0 Å². The van der Waals surface area contributed by atoms with Crippen molar-refractivity contribution in [3.63, 3.8) is 0 Å². The summed E-state index contributed by atoms with van der Waals surface area (Å²) in [5.41, 5.74) is 11.0. The summed E-state index contributed by atoms with van der Waals surface area (Å²) >= 11 is 9.17. The van der Waals surface area contributed by atoms with Gasteiger partial charge in [-0.3, -0.25) is 0 Å². The number of hydrogen-bond acceptors (Lipinski definition) is 2. The lowest BCUT2D eigenvalue weighted by Crippen LogP contribution is -2.21. The van der Waals surface area contributed by atoms with E-state index >= 15 is 0 Å². The highest BCUT2D eigenvalue weighted by atomic mass is 79.9. The molecule has 14 heavy (non-hydrogen) atoms. The van der Waals surface area contributed by atoms with Crippen LogP contribution in [0.1, 0.15) is 5.56 Å². The van der Waals surface area contributed by atoms with Gasteiger partial charge in [0.1, 0.15) is 0 Å². The van der Waals surface area contributed by atoms with Crippen LogP contribution in [0.5, 0.6) is 0 Å². The summed E-state index contributed by atoms with van der Waals surface area (Å²) in [6, 6.07) is 5.41. The van der Waals surface area contributed by atoms with E-state index in [0.717, 1.165) is 10.0 Å². The molecule has 0 saturated heterocycles. The standard InChI is InChI=1S/C8H8BrClN4/c9-7-5(2-1-3-6(7)10)4-13-14-8(11)12/h1-4H,(H4,11,12,14)/b13-4+. The molecule has 0 aliphatic rings. The third-order valence-electron chi connectivity index (χ3n) is 1.35. The maximum atomic E-state index is 5.86. The van der Waals surface area contributed by atoms with Crippen molar-refractivity contribution in [2.45, 2.75) is 0 Å². The first-order valence-electron chi connectivity index (χ1n) is 3.67. The molecular weight excluding hydrogens is 267 g/mol. The SMILES string of the molecule is NC(N)=N/N=C/c1cccc(Cl)c1Br. The molecule has 6 heteroatoms. The predicted molar refractivity (Wildman–Crippen MR) is 62.6 cm³/mol. The van der Waals surface area contributed by atoms with Gasteiger partial charge in [0, 0.05) is 10.0 Å². The van der Waals surface area contributed by atoms with Gasteiger partial charge in [-0.1, -0.05) is 23.7 Å². The van der Waals surface area contributed by atoms with Crippen LogP contribution >= 0.6 is 27.5 Å². The number of hydrogen-bond donors (Lipinski definition) is 2. The molecule has 0 aliphatic carbocycles. The topological polar surface area (TPSA) is 76.8 Å². The fourth-order valence-electron chi connectivity index (χ4n) is 0.778. The second kappa shape index (κ2) is 4.97. The summed E-state index contributed by atoms with van der Waals surface area (Å²) in [5, 5.41) is 7.75. The molecule has 1 aromatic carbocycles. The number of halogens is 2. The van der Waals surface area contributed by atoms with Crippen molar-refractivity contribution < 1.29 is 0 Å². The van der Waals surface area contributed by atoms with E-state index in [1.54, 1.807) is 6.07 Å². The molecule has 0 saturated carbocycles. The van der Waals surface area contributed by atoms with Crippen LogP contribution in [0.3, 0.4) is 0 Å². The number of nitrogens with zero attached hydrogens (tertiary/aromatic N) is 2.